The summed E-state index contributed by atoms with van der Waals surface area (Å²) < 4.78 is 5.33. The number of carbonyl (C=O) groups is 1. The van der Waals surface area contributed by atoms with Crippen molar-refractivity contribution in [1.29, 1.82) is 0 Å². The molecule has 0 spiro atoms. The number of carbonyl (C=O) groups excluding carboxylic acids is 1. The molecule has 0 heterocycles. The molecule has 0 fully saturated rings. The summed E-state index contributed by atoms with van der Waals surface area (Å²) in [6.45, 7) is 2.41. The fourth-order valence-corrected chi connectivity index (χ4v) is 1.19. The molecule has 1 aromatic carbocycles. The third-order valence-corrected chi connectivity index (χ3v) is 1.76. The highest BCUT2D eigenvalue weighted by atomic mass is 16.5. The maximum absolute atomic E-state index is 10.7. The highest BCUT2D eigenvalue weighted by Gasteiger charge is 2.06. The first kappa shape index (κ1) is 10.4. The zero-order valence-electron chi connectivity index (χ0n) is 8.12. The molecule has 0 saturated heterocycles. The van der Waals surface area contributed by atoms with Crippen molar-refractivity contribution in [2.24, 2.45) is 5.73 Å². The maximum atomic E-state index is 10.7. The number of primary amides is 1. The number of hydrogen-bond acceptors (Lipinski definition) is 3. The van der Waals surface area contributed by atoms with Crippen LogP contribution in [0.4, 0.5) is 5.69 Å². The number of ether oxygens (including phenoxy) is 1. The predicted molar refractivity (Wildman–Crippen MR) is 54.9 cm³/mol. The van der Waals surface area contributed by atoms with Gasteiger partial charge in [0.2, 0.25) is 5.91 Å². The Kier molecular flexibility index (Phi) is 3.34. The fraction of sp³-hybridized carbons (Fsp3) is 0.300. The van der Waals surface area contributed by atoms with E-state index >= 15 is 0 Å². The Morgan fingerprint density at radius 2 is 2.21 bits per heavy atom. The molecule has 4 nitrogen and oxygen atoms in total. The summed E-state index contributed by atoms with van der Waals surface area (Å²) >= 11 is 0. The van der Waals surface area contributed by atoms with Crippen molar-refractivity contribution in [3.8, 4) is 5.75 Å². The van der Waals surface area contributed by atoms with Gasteiger partial charge >= 0.3 is 0 Å². The van der Waals surface area contributed by atoms with E-state index in [1.165, 1.54) is 0 Å². The molecule has 0 radical (unpaired) electrons. The lowest BCUT2D eigenvalue weighted by molar-refractivity contribution is -0.117. The number of hydrogen-bond donors (Lipinski definition) is 2. The molecule has 4 heteroatoms. The zero-order valence-corrected chi connectivity index (χ0v) is 8.12. The maximum Gasteiger partial charge on any atom is 0.221 e. The van der Waals surface area contributed by atoms with Crippen molar-refractivity contribution in [2.45, 2.75) is 13.3 Å². The molecule has 0 saturated carbocycles. The van der Waals surface area contributed by atoms with Gasteiger partial charge in [-0.25, -0.2) is 0 Å². The molecule has 0 unspecified atom stereocenters. The van der Waals surface area contributed by atoms with E-state index in [1.54, 1.807) is 18.2 Å². The first-order chi connectivity index (χ1) is 6.63. The van der Waals surface area contributed by atoms with Crippen LogP contribution < -0.4 is 16.2 Å². The third kappa shape index (κ3) is 2.65. The molecule has 1 aromatic rings. The lowest BCUT2D eigenvalue weighted by Gasteiger charge is -2.09. The van der Waals surface area contributed by atoms with Crippen molar-refractivity contribution in [3.05, 3.63) is 23.8 Å². The summed E-state index contributed by atoms with van der Waals surface area (Å²) in [5.41, 5.74) is 12.1. The predicted octanol–water partition coefficient (Wildman–Crippen LogP) is 0.695. The molecule has 1 rings (SSSR count). The van der Waals surface area contributed by atoms with E-state index in [9.17, 15) is 4.79 Å². The van der Waals surface area contributed by atoms with Gasteiger partial charge in [0.25, 0.3) is 0 Å². The van der Waals surface area contributed by atoms with Gasteiger partial charge in [0, 0.05) is 17.3 Å². The van der Waals surface area contributed by atoms with Crippen molar-refractivity contribution in [1.82, 2.24) is 0 Å². The van der Waals surface area contributed by atoms with Gasteiger partial charge in [0.15, 0.2) is 0 Å². The summed E-state index contributed by atoms with van der Waals surface area (Å²) in [7, 11) is 0. The SMILES string of the molecule is CCOc1cc(N)ccc1CC(N)=O. The van der Waals surface area contributed by atoms with Gasteiger partial charge in [-0.15, -0.1) is 0 Å². The van der Waals surface area contributed by atoms with E-state index in [-0.39, 0.29) is 12.3 Å². The zero-order chi connectivity index (χ0) is 10.6. The number of nitrogen functional groups attached to an aromatic ring is 1. The normalized spacial score (nSPS) is 9.79. The smallest absolute Gasteiger partial charge is 0.221 e. The number of amides is 1. The van der Waals surface area contributed by atoms with Crippen molar-refractivity contribution < 1.29 is 9.53 Å². The Bertz CT molecular complexity index is 337. The molecular weight excluding hydrogens is 180 g/mol. The molecule has 4 N–H and O–H groups in total. The minimum atomic E-state index is -0.379. The minimum absolute atomic E-state index is 0.176. The van der Waals surface area contributed by atoms with Crippen LogP contribution >= 0.6 is 0 Å². The molecule has 0 atom stereocenters. The molecule has 0 bridgehead atoms. The first-order valence-electron chi connectivity index (χ1n) is 4.43. The Morgan fingerprint density at radius 3 is 2.79 bits per heavy atom. The van der Waals surface area contributed by atoms with Crippen molar-refractivity contribution in [3.63, 3.8) is 0 Å². The van der Waals surface area contributed by atoms with Crippen molar-refractivity contribution >= 4 is 11.6 Å². The highest BCUT2D eigenvalue weighted by molar-refractivity contribution is 5.77. The molecular formula is C10H14N2O2. The van der Waals surface area contributed by atoms with E-state index in [4.69, 9.17) is 16.2 Å². The summed E-state index contributed by atoms with van der Waals surface area (Å²) in [4.78, 5) is 10.7. The van der Waals surface area contributed by atoms with Gasteiger partial charge in [-0.3, -0.25) is 4.79 Å². The van der Waals surface area contributed by atoms with Crippen LogP contribution in [-0.4, -0.2) is 12.5 Å². The van der Waals surface area contributed by atoms with Crippen LogP contribution in [0.5, 0.6) is 5.75 Å². The van der Waals surface area contributed by atoms with Gasteiger partial charge in [-0.05, 0) is 13.0 Å². The summed E-state index contributed by atoms with van der Waals surface area (Å²) in [5.74, 6) is 0.252. The van der Waals surface area contributed by atoms with E-state index < -0.39 is 0 Å². The lowest BCUT2D eigenvalue weighted by Crippen LogP contribution is -2.14. The topological polar surface area (TPSA) is 78.3 Å². The first-order valence-corrected chi connectivity index (χ1v) is 4.43. The highest BCUT2D eigenvalue weighted by Crippen LogP contribution is 2.22. The van der Waals surface area contributed by atoms with Crippen LogP contribution in [-0.2, 0) is 11.2 Å². The van der Waals surface area contributed by atoms with Gasteiger partial charge in [-0.2, -0.15) is 0 Å². The Labute approximate surface area is 82.8 Å². The summed E-state index contributed by atoms with van der Waals surface area (Å²) in [6, 6.07) is 5.17. The van der Waals surface area contributed by atoms with E-state index in [2.05, 4.69) is 0 Å². The van der Waals surface area contributed by atoms with E-state index in [0.29, 0.717) is 18.0 Å². The fourth-order valence-electron chi connectivity index (χ4n) is 1.19. The Balaban J connectivity index is 2.95. The number of benzene rings is 1. The van der Waals surface area contributed by atoms with E-state index in [1.807, 2.05) is 6.92 Å². The second kappa shape index (κ2) is 4.50. The monoisotopic (exact) mass is 194 g/mol. The number of nitrogens with two attached hydrogens (primary N) is 2. The van der Waals surface area contributed by atoms with Crippen molar-refractivity contribution in [2.75, 3.05) is 12.3 Å². The largest absolute Gasteiger partial charge is 0.494 e. The van der Waals surface area contributed by atoms with Gasteiger partial charge in [-0.1, -0.05) is 6.07 Å². The average molecular weight is 194 g/mol. The second-order valence-electron chi connectivity index (χ2n) is 2.94. The third-order valence-electron chi connectivity index (χ3n) is 1.76. The summed E-state index contributed by atoms with van der Waals surface area (Å²) in [6.07, 6.45) is 0.176. The van der Waals surface area contributed by atoms with Crippen LogP contribution in [0.3, 0.4) is 0 Å². The molecule has 0 aliphatic rings. The van der Waals surface area contributed by atoms with Gasteiger partial charge in [0.1, 0.15) is 5.75 Å². The summed E-state index contributed by atoms with van der Waals surface area (Å²) in [5, 5.41) is 0. The van der Waals surface area contributed by atoms with Gasteiger partial charge in [0.05, 0.1) is 13.0 Å². The van der Waals surface area contributed by atoms with E-state index in [0.717, 1.165) is 5.56 Å². The van der Waals surface area contributed by atoms with Crippen LogP contribution in [0.25, 0.3) is 0 Å². The lowest BCUT2D eigenvalue weighted by atomic mass is 10.1. The Morgan fingerprint density at radius 1 is 1.50 bits per heavy atom. The molecule has 0 aromatic heterocycles. The second-order valence-corrected chi connectivity index (χ2v) is 2.94. The molecule has 76 valence electrons. The van der Waals surface area contributed by atoms with Crippen LogP contribution in [0.1, 0.15) is 12.5 Å². The van der Waals surface area contributed by atoms with Crippen LogP contribution in [0.2, 0.25) is 0 Å². The average Bonchev–Trinajstić information content (AvgIpc) is 2.09. The molecule has 1 amide bonds. The number of anilines is 1. The van der Waals surface area contributed by atoms with Crippen LogP contribution in [0.15, 0.2) is 18.2 Å². The standard InChI is InChI=1S/C10H14N2O2/c1-2-14-9-6-8(11)4-3-7(9)5-10(12)13/h3-4,6H,2,5,11H2,1H3,(H2,12,13). The molecule has 0 aliphatic carbocycles. The Hall–Kier alpha value is -1.71. The molecule has 0 aliphatic heterocycles. The van der Waals surface area contributed by atoms with Gasteiger partial charge < -0.3 is 16.2 Å². The molecule has 14 heavy (non-hydrogen) atoms. The number of rotatable bonds is 4. The van der Waals surface area contributed by atoms with Crippen LogP contribution in [0, 0.1) is 0 Å². The quantitative estimate of drug-likeness (QED) is 0.692. The minimum Gasteiger partial charge on any atom is -0.494 e.